The van der Waals surface area contributed by atoms with E-state index in [1.165, 1.54) is 17.3 Å². The fraction of sp³-hybridized carbons (Fsp3) is 0.111. The molecule has 27 heavy (non-hydrogen) atoms. The Bertz CT molecular complexity index is 1030. The first-order valence-electron chi connectivity index (χ1n) is 8.30. The third-order valence-corrected chi connectivity index (χ3v) is 4.15. The van der Waals surface area contributed by atoms with Gasteiger partial charge in [-0.1, -0.05) is 18.2 Å². The zero-order valence-electron chi connectivity index (χ0n) is 14.5. The highest BCUT2D eigenvalue weighted by Gasteiger charge is 2.13. The predicted molar refractivity (Wildman–Crippen MR) is 96.4 cm³/mol. The maximum absolute atomic E-state index is 12.6. The molecule has 2 aromatic heterocycles. The van der Waals surface area contributed by atoms with Gasteiger partial charge in [0.1, 0.15) is 19.0 Å². The SMILES string of the molecule is C[C@@H](NC(=O)c1cccc(-n2cnnn2)c1)c1ccc(-n2cncn2)cc1. The van der Waals surface area contributed by atoms with Crippen LogP contribution < -0.4 is 5.32 Å². The number of benzene rings is 2. The van der Waals surface area contributed by atoms with Crippen molar-refractivity contribution in [3.8, 4) is 11.4 Å². The maximum atomic E-state index is 12.6. The van der Waals surface area contributed by atoms with Crippen molar-refractivity contribution in [2.75, 3.05) is 0 Å². The molecule has 0 radical (unpaired) electrons. The number of tetrazole rings is 1. The predicted octanol–water partition coefficient (Wildman–Crippen LogP) is 1.73. The van der Waals surface area contributed by atoms with Crippen LogP contribution in [0.1, 0.15) is 28.9 Å². The minimum atomic E-state index is -0.169. The fourth-order valence-corrected chi connectivity index (χ4v) is 2.69. The number of amides is 1. The van der Waals surface area contributed by atoms with Crippen LogP contribution in [0.5, 0.6) is 0 Å². The molecule has 0 spiro atoms. The van der Waals surface area contributed by atoms with Crippen molar-refractivity contribution in [3.05, 3.63) is 78.6 Å². The topological polar surface area (TPSA) is 103 Å². The van der Waals surface area contributed by atoms with E-state index in [2.05, 4.69) is 30.9 Å². The van der Waals surface area contributed by atoms with Crippen LogP contribution in [0.15, 0.2) is 67.5 Å². The van der Waals surface area contributed by atoms with E-state index >= 15 is 0 Å². The monoisotopic (exact) mass is 360 g/mol. The number of hydrogen-bond donors (Lipinski definition) is 1. The Labute approximate surface area is 154 Å². The Morgan fingerprint density at radius 1 is 1.04 bits per heavy atom. The largest absolute Gasteiger partial charge is 0.346 e. The van der Waals surface area contributed by atoms with Crippen molar-refractivity contribution >= 4 is 5.91 Å². The Morgan fingerprint density at radius 2 is 1.89 bits per heavy atom. The smallest absolute Gasteiger partial charge is 0.251 e. The molecule has 1 N–H and O–H groups in total. The number of carbonyl (C=O) groups excluding carboxylic acids is 1. The second-order valence-electron chi connectivity index (χ2n) is 5.93. The second-order valence-corrected chi connectivity index (χ2v) is 5.93. The average Bonchev–Trinajstić information content (AvgIpc) is 3.42. The first-order chi connectivity index (χ1) is 13.2. The van der Waals surface area contributed by atoms with Crippen molar-refractivity contribution in [1.29, 1.82) is 0 Å². The van der Waals surface area contributed by atoms with Gasteiger partial charge in [0.15, 0.2) is 0 Å². The minimum Gasteiger partial charge on any atom is -0.346 e. The number of aromatic nitrogens is 7. The lowest BCUT2D eigenvalue weighted by atomic mass is 10.1. The van der Waals surface area contributed by atoms with E-state index in [0.29, 0.717) is 5.56 Å². The van der Waals surface area contributed by atoms with Gasteiger partial charge in [-0.05, 0) is 53.2 Å². The summed E-state index contributed by atoms with van der Waals surface area (Å²) < 4.78 is 3.18. The molecule has 0 saturated carbocycles. The van der Waals surface area contributed by atoms with E-state index in [4.69, 9.17) is 0 Å². The normalized spacial score (nSPS) is 11.9. The van der Waals surface area contributed by atoms with Crippen LogP contribution in [0.2, 0.25) is 0 Å². The van der Waals surface area contributed by atoms with Gasteiger partial charge in [-0.25, -0.2) is 14.3 Å². The summed E-state index contributed by atoms with van der Waals surface area (Å²) >= 11 is 0. The summed E-state index contributed by atoms with van der Waals surface area (Å²) in [5, 5.41) is 18.2. The van der Waals surface area contributed by atoms with Gasteiger partial charge in [-0.3, -0.25) is 4.79 Å². The standard InChI is InChI=1S/C18H16N8O/c1-13(14-5-7-16(8-6-14)25-11-19-10-21-25)22-18(27)15-3-2-4-17(9-15)26-12-20-23-24-26/h2-13H,1H3,(H,22,27)/t13-/m1/s1. The minimum absolute atomic E-state index is 0.154. The lowest BCUT2D eigenvalue weighted by Crippen LogP contribution is -2.26. The molecule has 0 aliphatic carbocycles. The van der Waals surface area contributed by atoms with Gasteiger partial charge in [0.05, 0.1) is 17.4 Å². The molecule has 2 heterocycles. The first-order valence-corrected chi connectivity index (χ1v) is 8.30. The van der Waals surface area contributed by atoms with E-state index in [9.17, 15) is 4.79 Å². The summed E-state index contributed by atoms with van der Waals surface area (Å²) in [6, 6.07) is 14.8. The molecular weight excluding hydrogens is 344 g/mol. The molecule has 0 aliphatic heterocycles. The van der Waals surface area contributed by atoms with Gasteiger partial charge in [0, 0.05) is 5.56 Å². The van der Waals surface area contributed by atoms with E-state index < -0.39 is 0 Å². The molecule has 9 heteroatoms. The third-order valence-electron chi connectivity index (χ3n) is 4.15. The van der Waals surface area contributed by atoms with Crippen LogP contribution in [0, 0.1) is 0 Å². The Hall–Kier alpha value is -3.88. The van der Waals surface area contributed by atoms with Gasteiger partial charge in [0.2, 0.25) is 0 Å². The van der Waals surface area contributed by atoms with Crippen molar-refractivity contribution in [2.24, 2.45) is 0 Å². The molecule has 4 rings (SSSR count). The van der Waals surface area contributed by atoms with Gasteiger partial charge >= 0.3 is 0 Å². The van der Waals surface area contributed by atoms with E-state index in [1.54, 1.807) is 29.2 Å². The molecule has 0 unspecified atom stereocenters. The van der Waals surface area contributed by atoms with Crippen molar-refractivity contribution in [3.63, 3.8) is 0 Å². The van der Waals surface area contributed by atoms with Crippen molar-refractivity contribution in [1.82, 2.24) is 40.3 Å². The first kappa shape index (κ1) is 16.6. The molecule has 0 saturated heterocycles. The highest BCUT2D eigenvalue weighted by molar-refractivity contribution is 5.95. The van der Waals surface area contributed by atoms with Crippen LogP contribution in [-0.2, 0) is 0 Å². The summed E-state index contributed by atoms with van der Waals surface area (Å²) in [6.07, 6.45) is 4.61. The van der Waals surface area contributed by atoms with Gasteiger partial charge in [-0.15, -0.1) is 5.10 Å². The molecule has 4 aromatic rings. The van der Waals surface area contributed by atoms with Crippen molar-refractivity contribution < 1.29 is 4.79 Å². The maximum Gasteiger partial charge on any atom is 0.251 e. The Balaban J connectivity index is 1.47. The van der Waals surface area contributed by atoms with E-state index in [0.717, 1.165) is 16.9 Å². The molecule has 1 atom stereocenters. The molecule has 1 amide bonds. The summed E-state index contributed by atoms with van der Waals surface area (Å²) in [4.78, 5) is 16.5. The van der Waals surface area contributed by atoms with Crippen molar-refractivity contribution in [2.45, 2.75) is 13.0 Å². The molecular formula is C18H16N8O. The lowest BCUT2D eigenvalue weighted by molar-refractivity contribution is 0.0940. The van der Waals surface area contributed by atoms with Crippen LogP contribution in [0.3, 0.4) is 0 Å². The van der Waals surface area contributed by atoms with E-state index in [1.807, 2.05) is 37.3 Å². The Kier molecular flexibility index (Phi) is 4.40. The number of nitrogens with one attached hydrogen (secondary N) is 1. The molecule has 134 valence electrons. The summed E-state index contributed by atoms with van der Waals surface area (Å²) in [5.74, 6) is -0.169. The zero-order chi connectivity index (χ0) is 18.6. The Morgan fingerprint density at radius 3 is 2.59 bits per heavy atom. The quantitative estimate of drug-likeness (QED) is 0.581. The number of hydrogen-bond acceptors (Lipinski definition) is 6. The highest BCUT2D eigenvalue weighted by Crippen LogP contribution is 2.16. The number of rotatable bonds is 5. The summed E-state index contributed by atoms with van der Waals surface area (Å²) in [7, 11) is 0. The third kappa shape index (κ3) is 3.56. The fourth-order valence-electron chi connectivity index (χ4n) is 2.69. The van der Waals surface area contributed by atoms with Gasteiger partial charge < -0.3 is 5.32 Å². The molecule has 0 fully saturated rings. The molecule has 2 aromatic carbocycles. The van der Waals surface area contributed by atoms with Crippen LogP contribution in [0.25, 0.3) is 11.4 Å². The summed E-state index contributed by atoms with van der Waals surface area (Å²) in [6.45, 7) is 1.94. The second kappa shape index (κ2) is 7.16. The number of nitrogens with zero attached hydrogens (tertiary/aromatic N) is 7. The van der Waals surface area contributed by atoms with E-state index in [-0.39, 0.29) is 11.9 Å². The zero-order valence-corrected chi connectivity index (χ0v) is 14.5. The lowest BCUT2D eigenvalue weighted by Gasteiger charge is -2.15. The highest BCUT2D eigenvalue weighted by atomic mass is 16.1. The average molecular weight is 360 g/mol. The molecule has 0 aliphatic rings. The van der Waals surface area contributed by atoms with Gasteiger partial charge in [0.25, 0.3) is 5.91 Å². The van der Waals surface area contributed by atoms with Crippen LogP contribution >= 0.6 is 0 Å². The molecule has 0 bridgehead atoms. The molecule has 9 nitrogen and oxygen atoms in total. The number of carbonyl (C=O) groups is 1. The van der Waals surface area contributed by atoms with Crippen LogP contribution in [0.4, 0.5) is 0 Å². The van der Waals surface area contributed by atoms with Gasteiger partial charge in [-0.2, -0.15) is 5.10 Å². The summed E-state index contributed by atoms with van der Waals surface area (Å²) in [5.41, 5.74) is 3.15. The van der Waals surface area contributed by atoms with Crippen LogP contribution in [-0.4, -0.2) is 40.9 Å².